The van der Waals surface area contributed by atoms with Crippen molar-refractivity contribution in [2.45, 2.75) is 31.7 Å². The number of nitrogens with two attached hydrogens (primary N) is 2. The first-order valence-corrected chi connectivity index (χ1v) is 4.99. The Labute approximate surface area is 74.9 Å². The van der Waals surface area contributed by atoms with E-state index in [9.17, 15) is 0 Å². The first-order chi connectivity index (χ1) is 5.83. The van der Waals surface area contributed by atoms with Crippen molar-refractivity contribution < 1.29 is 0 Å². The van der Waals surface area contributed by atoms with Crippen molar-refractivity contribution >= 4 is 0 Å². The fourth-order valence-corrected chi connectivity index (χ4v) is 1.88. The molecule has 1 atom stereocenters. The standard InChI is InChI=1S/C9H21N3/c10-4-1-9(11)7-8-2-5-12-6-3-8/h8-9,12H,1-7,10-11H2/t9-/m1/s1. The second kappa shape index (κ2) is 5.51. The molecule has 0 spiro atoms. The summed E-state index contributed by atoms with van der Waals surface area (Å²) < 4.78 is 0. The molecule has 3 nitrogen and oxygen atoms in total. The van der Waals surface area contributed by atoms with Crippen LogP contribution in [0.4, 0.5) is 0 Å². The number of hydrogen-bond acceptors (Lipinski definition) is 3. The average molecular weight is 171 g/mol. The summed E-state index contributed by atoms with van der Waals surface area (Å²) in [5.74, 6) is 0.841. The van der Waals surface area contributed by atoms with Crippen molar-refractivity contribution in [1.82, 2.24) is 5.32 Å². The molecule has 0 saturated carbocycles. The molecule has 1 aliphatic rings. The highest BCUT2D eigenvalue weighted by Gasteiger charge is 2.15. The van der Waals surface area contributed by atoms with Crippen LogP contribution in [0.1, 0.15) is 25.7 Å². The molecular formula is C9H21N3. The van der Waals surface area contributed by atoms with Crippen LogP contribution in [0.15, 0.2) is 0 Å². The van der Waals surface area contributed by atoms with Crippen molar-refractivity contribution in [2.75, 3.05) is 19.6 Å². The fourth-order valence-electron chi connectivity index (χ4n) is 1.88. The molecule has 0 unspecified atom stereocenters. The van der Waals surface area contributed by atoms with Crippen LogP contribution in [-0.2, 0) is 0 Å². The van der Waals surface area contributed by atoms with Gasteiger partial charge in [-0.15, -0.1) is 0 Å². The summed E-state index contributed by atoms with van der Waals surface area (Å²) in [5.41, 5.74) is 11.4. The lowest BCUT2D eigenvalue weighted by Crippen LogP contribution is -2.33. The van der Waals surface area contributed by atoms with Gasteiger partial charge in [0.1, 0.15) is 0 Å². The van der Waals surface area contributed by atoms with Gasteiger partial charge in [-0.2, -0.15) is 0 Å². The van der Waals surface area contributed by atoms with Gasteiger partial charge in [-0.1, -0.05) is 0 Å². The van der Waals surface area contributed by atoms with Gasteiger partial charge < -0.3 is 16.8 Å². The van der Waals surface area contributed by atoms with E-state index in [4.69, 9.17) is 11.5 Å². The summed E-state index contributed by atoms with van der Waals surface area (Å²) in [5, 5.41) is 3.35. The molecule has 0 aromatic heterocycles. The lowest BCUT2D eigenvalue weighted by molar-refractivity contribution is 0.326. The molecule has 0 bridgehead atoms. The van der Waals surface area contributed by atoms with Crippen LogP contribution in [0.2, 0.25) is 0 Å². The summed E-state index contributed by atoms with van der Waals surface area (Å²) in [4.78, 5) is 0. The fraction of sp³-hybridized carbons (Fsp3) is 1.00. The second-order valence-electron chi connectivity index (χ2n) is 3.77. The molecule has 0 aromatic carbocycles. The third-order valence-electron chi connectivity index (χ3n) is 2.63. The van der Waals surface area contributed by atoms with Crippen LogP contribution < -0.4 is 16.8 Å². The Kier molecular flexibility index (Phi) is 4.58. The maximum absolute atomic E-state index is 5.91. The highest BCUT2D eigenvalue weighted by Crippen LogP contribution is 2.17. The summed E-state index contributed by atoms with van der Waals surface area (Å²) >= 11 is 0. The molecule has 1 rings (SSSR count). The van der Waals surface area contributed by atoms with Gasteiger partial charge >= 0.3 is 0 Å². The van der Waals surface area contributed by atoms with E-state index in [2.05, 4.69) is 5.32 Å². The predicted molar refractivity (Wildman–Crippen MR) is 51.9 cm³/mol. The molecule has 0 aliphatic carbocycles. The summed E-state index contributed by atoms with van der Waals surface area (Å²) in [7, 11) is 0. The molecule has 1 aliphatic heterocycles. The zero-order chi connectivity index (χ0) is 8.81. The van der Waals surface area contributed by atoms with Crippen LogP contribution in [0.3, 0.4) is 0 Å². The van der Waals surface area contributed by atoms with Crippen molar-refractivity contribution in [3.05, 3.63) is 0 Å². The van der Waals surface area contributed by atoms with E-state index in [0.29, 0.717) is 6.04 Å². The molecule has 1 fully saturated rings. The summed E-state index contributed by atoms with van der Waals surface area (Å²) in [6.45, 7) is 3.06. The van der Waals surface area contributed by atoms with Crippen molar-refractivity contribution in [3.63, 3.8) is 0 Å². The Balaban J connectivity index is 2.11. The monoisotopic (exact) mass is 171 g/mol. The first-order valence-electron chi connectivity index (χ1n) is 4.99. The maximum atomic E-state index is 5.91. The zero-order valence-electron chi connectivity index (χ0n) is 7.76. The van der Waals surface area contributed by atoms with Gasteiger partial charge in [0.15, 0.2) is 0 Å². The highest BCUT2D eigenvalue weighted by atomic mass is 14.9. The minimum Gasteiger partial charge on any atom is -0.330 e. The number of piperidine rings is 1. The van der Waals surface area contributed by atoms with Crippen LogP contribution in [0.5, 0.6) is 0 Å². The quantitative estimate of drug-likeness (QED) is 0.560. The first kappa shape index (κ1) is 9.96. The molecule has 0 amide bonds. The average Bonchev–Trinajstić information content (AvgIpc) is 2.06. The molecular weight excluding hydrogens is 150 g/mol. The van der Waals surface area contributed by atoms with Crippen LogP contribution in [0, 0.1) is 5.92 Å². The topological polar surface area (TPSA) is 64.1 Å². The molecule has 12 heavy (non-hydrogen) atoms. The Hall–Kier alpha value is -0.120. The summed E-state index contributed by atoms with van der Waals surface area (Å²) in [6.07, 6.45) is 4.72. The van der Waals surface area contributed by atoms with Crippen LogP contribution in [0.25, 0.3) is 0 Å². The number of rotatable bonds is 4. The van der Waals surface area contributed by atoms with E-state index < -0.39 is 0 Å². The molecule has 3 heteroatoms. The molecule has 0 radical (unpaired) electrons. The van der Waals surface area contributed by atoms with Crippen molar-refractivity contribution in [3.8, 4) is 0 Å². The van der Waals surface area contributed by atoms with Gasteiger partial charge in [-0.05, 0) is 51.2 Å². The van der Waals surface area contributed by atoms with Crippen molar-refractivity contribution in [2.24, 2.45) is 17.4 Å². The third kappa shape index (κ3) is 3.52. The third-order valence-corrected chi connectivity index (χ3v) is 2.63. The Morgan fingerprint density at radius 1 is 1.33 bits per heavy atom. The van der Waals surface area contributed by atoms with E-state index in [1.54, 1.807) is 0 Å². The molecule has 1 heterocycles. The lowest BCUT2D eigenvalue weighted by Gasteiger charge is -2.25. The van der Waals surface area contributed by atoms with E-state index in [-0.39, 0.29) is 0 Å². The van der Waals surface area contributed by atoms with Gasteiger partial charge in [0, 0.05) is 6.04 Å². The Bertz CT molecular complexity index is 110. The summed E-state index contributed by atoms with van der Waals surface area (Å²) in [6, 6.07) is 0.332. The van der Waals surface area contributed by atoms with E-state index in [1.807, 2.05) is 0 Å². The maximum Gasteiger partial charge on any atom is 0.00534 e. The minimum absolute atomic E-state index is 0.332. The van der Waals surface area contributed by atoms with Gasteiger partial charge in [0.2, 0.25) is 0 Å². The SMILES string of the molecule is NCC[C@@H](N)CC1CCNCC1. The van der Waals surface area contributed by atoms with E-state index >= 15 is 0 Å². The van der Waals surface area contributed by atoms with Gasteiger partial charge in [-0.3, -0.25) is 0 Å². The van der Waals surface area contributed by atoms with E-state index in [0.717, 1.165) is 18.9 Å². The molecule has 5 N–H and O–H groups in total. The highest BCUT2D eigenvalue weighted by molar-refractivity contribution is 4.73. The Morgan fingerprint density at radius 3 is 2.58 bits per heavy atom. The number of nitrogens with one attached hydrogen (secondary N) is 1. The van der Waals surface area contributed by atoms with E-state index in [1.165, 1.54) is 32.4 Å². The molecule has 72 valence electrons. The zero-order valence-corrected chi connectivity index (χ0v) is 7.76. The lowest BCUT2D eigenvalue weighted by atomic mass is 9.90. The smallest absolute Gasteiger partial charge is 0.00534 e. The normalized spacial score (nSPS) is 22.5. The van der Waals surface area contributed by atoms with Crippen molar-refractivity contribution in [1.29, 1.82) is 0 Å². The predicted octanol–water partition coefficient (Wildman–Crippen LogP) is 0.0522. The molecule has 0 aromatic rings. The second-order valence-corrected chi connectivity index (χ2v) is 3.77. The van der Waals surface area contributed by atoms with Crippen LogP contribution in [-0.4, -0.2) is 25.7 Å². The largest absolute Gasteiger partial charge is 0.330 e. The minimum atomic E-state index is 0.332. The van der Waals surface area contributed by atoms with Crippen LogP contribution >= 0.6 is 0 Å². The van der Waals surface area contributed by atoms with Gasteiger partial charge in [0.25, 0.3) is 0 Å². The Morgan fingerprint density at radius 2 is 2.00 bits per heavy atom. The van der Waals surface area contributed by atoms with Gasteiger partial charge in [0.05, 0.1) is 0 Å². The number of hydrogen-bond donors (Lipinski definition) is 3. The molecule has 1 saturated heterocycles. The van der Waals surface area contributed by atoms with Gasteiger partial charge in [-0.25, -0.2) is 0 Å².